The average molecular weight is 333 g/mol. The monoisotopic (exact) mass is 333 g/mol. The van der Waals surface area contributed by atoms with E-state index in [1.54, 1.807) is 25.1 Å². The van der Waals surface area contributed by atoms with Crippen molar-refractivity contribution in [1.82, 2.24) is 5.32 Å². The fraction of sp³-hybridized carbons (Fsp3) is 0.556. The van der Waals surface area contributed by atoms with Gasteiger partial charge in [0, 0.05) is 6.04 Å². The number of esters is 1. The van der Waals surface area contributed by atoms with Crippen molar-refractivity contribution < 1.29 is 23.8 Å². The Morgan fingerprint density at radius 2 is 1.96 bits per heavy atom. The highest BCUT2D eigenvalue weighted by Gasteiger charge is 2.27. The molecule has 1 N–H and O–H groups in total. The lowest BCUT2D eigenvalue weighted by Gasteiger charge is -2.30. The number of fused-ring (bicyclic) bond motifs is 1. The van der Waals surface area contributed by atoms with Crippen molar-refractivity contribution in [2.24, 2.45) is 5.92 Å². The second kappa shape index (κ2) is 7.11. The smallest absolute Gasteiger partial charge is 0.339 e. The number of nitrogens with one attached hydrogen (secondary N) is 1. The minimum absolute atomic E-state index is 0.145. The molecule has 1 amide bonds. The lowest BCUT2D eigenvalue weighted by atomic mass is 9.86. The van der Waals surface area contributed by atoms with Crippen LogP contribution >= 0.6 is 0 Å². The van der Waals surface area contributed by atoms with E-state index < -0.39 is 12.1 Å². The van der Waals surface area contributed by atoms with E-state index in [2.05, 4.69) is 12.2 Å². The fourth-order valence-corrected chi connectivity index (χ4v) is 3.14. The molecule has 1 saturated carbocycles. The van der Waals surface area contributed by atoms with Gasteiger partial charge < -0.3 is 19.5 Å². The molecule has 1 aromatic rings. The second-order valence-electron chi connectivity index (χ2n) is 6.49. The number of ether oxygens (including phenoxy) is 3. The quantitative estimate of drug-likeness (QED) is 0.858. The summed E-state index contributed by atoms with van der Waals surface area (Å²) < 4.78 is 15.7. The molecule has 3 atom stereocenters. The van der Waals surface area contributed by atoms with Crippen molar-refractivity contribution in [3.05, 3.63) is 23.8 Å². The first-order valence-electron chi connectivity index (χ1n) is 8.45. The van der Waals surface area contributed by atoms with Crippen LogP contribution in [0.3, 0.4) is 0 Å². The van der Waals surface area contributed by atoms with Crippen molar-refractivity contribution >= 4 is 11.9 Å². The predicted molar refractivity (Wildman–Crippen MR) is 87.0 cm³/mol. The zero-order chi connectivity index (χ0) is 17.1. The third kappa shape index (κ3) is 3.63. The van der Waals surface area contributed by atoms with Crippen LogP contribution in [0.2, 0.25) is 0 Å². The molecule has 0 saturated heterocycles. The summed E-state index contributed by atoms with van der Waals surface area (Å²) >= 11 is 0. The second-order valence-corrected chi connectivity index (χ2v) is 6.49. The van der Waals surface area contributed by atoms with E-state index >= 15 is 0 Å². The summed E-state index contributed by atoms with van der Waals surface area (Å²) in [6, 6.07) is 4.99. The number of carbonyl (C=O) groups excluding carboxylic acids is 2. The first-order valence-corrected chi connectivity index (χ1v) is 8.45. The van der Waals surface area contributed by atoms with E-state index in [9.17, 15) is 9.59 Å². The van der Waals surface area contributed by atoms with E-state index in [1.807, 2.05) is 0 Å². The van der Waals surface area contributed by atoms with Crippen LogP contribution in [0, 0.1) is 5.92 Å². The van der Waals surface area contributed by atoms with Gasteiger partial charge in [-0.3, -0.25) is 4.79 Å². The highest BCUT2D eigenvalue weighted by atomic mass is 16.7. The number of benzene rings is 1. The van der Waals surface area contributed by atoms with Gasteiger partial charge in [0.05, 0.1) is 5.56 Å². The molecule has 0 aromatic heterocycles. The maximum atomic E-state index is 12.3. The van der Waals surface area contributed by atoms with Crippen LogP contribution < -0.4 is 14.8 Å². The first-order chi connectivity index (χ1) is 11.5. The van der Waals surface area contributed by atoms with Gasteiger partial charge in [0.25, 0.3) is 5.91 Å². The molecule has 130 valence electrons. The molecule has 1 aliphatic heterocycles. The first kappa shape index (κ1) is 16.6. The largest absolute Gasteiger partial charge is 0.454 e. The van der Waals surface area contributed by atoms with Gasteiger partial charge in [0.2, 0.25) is 6.79 Å². The molecular formula is C18H23NO5. The molecule has 3 rings (SSSR count). The topological polar surface area (TPSA) is 73.9 Å². The summed E-state index contributed by atoms with van der Waals surface area (Å²) in [5.41, 5.74) is 0.338. The van der Waals surface area contributed by atoms with Gasteiger partial charge in [0.1, 0.15) is 0 Å². The summed E-state index contributed by atoms with van der Waals surface area (Å²) in [6.07, 6.45) is 3.60. The van der Waals surface area contributed by atoms with Crippen LogP contribution in [-0.2, 0) is 9.53 Å². The van der Waals surface area contributed by atoms with Gasteiger partial charge in [-0.05, 0) is 43.9 Å². The lowest BCUT2D eigenvalue weighted by Crippen LogP contribution is -2.45. The summed E-state index contributed by atoms with van der Waals surface area (Å²) in [4.78, 5) is 24.5. The normalized spacial score (nSPS) is 23.4. The Hall–Kier alpha value is -2.24. The summed E-state index contributed by atoms with van der Waals surface area (Å²) in [5, 5.41) is 3.01. The van der Waals surface area contributed by atoms with Crippen molar-refractivity contribution in [3.8, 4) is 11.5 Å². The molecule has 6 nitrogen and oxygen atoms in total. The van der Waals surface area contributed by atoms with Crippen LogP contribution in [-0.4, -0.2) is 30.8 Å². The van der Waals surface area contributed by atoms with E-state index in [0.29, 0.717) is 23.0 Å². The maximum Gasteiger partial charge on any atom is 0.339 e. The van der Waals surface area contributed by atoms with Crippen LogP contribution in [0.25, 0.3) is 0 Å². The molecule has 1 heterocycles. The van der Waals surface area contributed by atoms with E-state index in [-0.39, 0.29) is 18.7 Å². The number of rotatable bonds is 4. The predicted octanol–water partition coefficient (Wildman–Crippen LogP) is 2.66. The van der Waals surface area contributed by atoms with Crippen LogP contribution in [0.1, 0.15) is 49.9 Å². The molecule has 0 bridgehead atoms. The highest BCUT2D eigenvalue weighted by Crippen LogP contribution is 2.32. The molecule has 1 aromatic carbocycles. The van der Waals surface area contributed by atoms with Crippen LogP contribution in [0.5, 0.6) is 11.5 Å². The summed E-state index contributed by atoms with van der Waals surface area (Å²) in [5.74, 6) is 0.774. The summed E-state index contributed by atoms with van der Waals surface area (Å²) in [6.45, 7) is 3.88. The molecule has 24 heavy (non-hydrogen) atoms. The standard InChI is InChI=1S/C18H23NO5/c1-11-5-3-4-6-14(11)19-17(20)12(2)24-18(21)13-7-8-15-16(9-13)23-10-22-15/h7-9,11-12,14H,3-6,10H2,1-2H3,(H,19,20)/t11-,12+,14-/m0/s1. The minimum Gasteiger partial charge on any atom is -0.454 e. The Labute approximate surface area is 141 Å². The average Bonchev–Trinajstić information content (AvgIpc) is 3.04. The third-order valence-corrected chi connectivity index (χ3v) is 4.70. The molecular weight excluding hydrogens is 310 g/mol. The zero-order valence-corrected chi connectivity index (χ0v) is 14.0. The van der Waals surface area contributed by atoms with Crippen molar-refractivity contribution in [1.29, 1.82) is 0 Å². The zero-order valence-electron chi connectivity index (χ0n) is 14.0. The molecule has 0 radical (unpaired) electrons. The fourth-order valence-electron chi connectivity index (χ4n) is 3.14. The van der Waals surface area contributed by atoms with Gasteiger partial charge in [-0.25, -0.2) is 4.79 Å². The molecule has 6 heteroatoms. The Morgan fingerprint density at radius 3 is 2.75 bits per heavy atom. The van der Waals surface area contributed by atoms with E-state index in [1.165, 1.54) is 6.42 Å². The maximum absolute atomic E-state index is 12.3. The van der Waals surface area contributed by atoms with Gasteiger partial charge in [-0.15, -0.1) is 0 Å². The number of hydrogen-bond acceptors (Lipinski definition) is 5. The molecule has 0 unspecified atom stereocenters. The Morgan fingerprint density at radius 1 is 1.21 bits per heavy atom. The Balaban J connectivity index is 1.56. The van der Waals surface area contributed by atoms with Crippen LogP contribution in [0.15, 0.2) is 18.2 Å². The van der Waals surface area contributed by atoms with Crippen molar-refractivity contribution in [3.63, 3.8) is 0 Å². The van der Waals surface area contributed by atoms with E-state index in [0.717, 1.165) is 19.3 Å². The molecule has 1 aliphatic carbocycles. The Kier molecular flexibility index (Phi) is 4.92. The van der Waals surface area contributed by atoms with E-state index in [4.69, 9.17) is 14.2 Å². The third-order valence-electron chi connectivity index (χ3n) is 4.70. The lowest BCUT2D eigenvalue weighted by molar-refractivity contribution is -0.130. The highest BCUT2D eigenvalue weighted by molar-refractivity contribution is 5.93. The van der Waals surface area contributed by atoms with Gasteiger partial charge >= 0.3 is 5.97 Å². The van der Waals surface area contributed by atoms with Crippen molar-refractivity contribution in [2.45, 2.75) is 51.7 Å². The molecule has 0 spiro atoms. The Bertz CT molecular complexity index is 630. The number of carbonyl (C=O) groups is 2. The summed E-state index contributed by atoms with van der Waals surface area (Å²) in [7, 11) is 0. The van der Waals surface area contributed by atoms with Gasteiger partial charge in [0.15, 0.2) is 17.6 Å². The van der Waals surface area contributed by atoms with Gasteiger partial charge in [-0.1, -0.05) is 19.8 Å². The molecule has 1 fully saturated rings. The van der Waals surface area contributed by atoms with Crippen molar-refractivity contribution in [2.75, 3.05) is 6.79 Å². The SMILES string of the molecule is C[C@@H](OC(=O)c1ccc2c(c1)OCO2)C(=O)N[C@H]1CCCC[C@@H]1C. The number of amides is 1. The van der Waals surface area contributed by atoms with Gasteiger partial charge in [-0.2, -0.15) is 0 Å². The molecule has 2 aliphatic rings. The minimum atomic E-state index is -0.836. The van der Waals surface area contributed by atoms with Crippen LogP contribution in [0.4, 0.5) is 0 Å². The number of hydrogen-bond donors (Lipinski definition) is 1.